The first-order chi connectivity index (χ1) is 30.3. The molecule has 15 heteroatoms. The van der Waals surface area contributed by atoms with Crippen LogP contribution in [0.25, 0.3) is 0 Å². The van der Waals surface area contributed by atoms with Gasteiger partial charge in [0.25, 0.3) is 0 Å². The Morgan fingerprint density at radius 1 is 0.279 bits per heavy atom. The lowest BCUT2D eigenvalue weighted by molar-refractivity contribution is -0.145. The summed E-state index contributed by atoms with van der Waals surface area (Å²) in [4.78, 5) is 11.9. The van der Waals surface area contributed by atoms with Crippen molar-refractivity contribution < 1.29 is 66.4 Å². The molecule has 0 amide bonds. The lowest BCUT2D eigenvalue weighted by Crippen LogP contribution is -2.15. The zero-order valence-electron chi connectivity index (χ0n) is 38.7. The maximum absolute atomic E-state index is 11.9. The molecule has 14 nitrogen and oxygen atoms in total. The highest BCUT2D eigenvalue weighted by atomic mass is 127. The van der Waals surface area contributed by atoms with Crippen LogP contribution >= 0.6 is 22.6 Å². The van der Waals surface area contributed by atoms with E-state index in [4.69, 9.17) is 61.6 Å². The van der Waals surface area contributed by atoms with Crippen LogP contribution in [-0.2, 0) is 66.4 Å². The first-order valence-corrected chi connectivity index (χ1v) is 25.5. The molecular weight excluding hydrogens is 903 g/mol. The van der Waals surface area contributed by atoms with Crippen molar-refractivity contribution in [1.82, 2.24) is 0 Å². The van der Waals surface area contributed by atoms with E-state index in [1.165, 1.54) is 94.3 Å². The zero-order valence-corrected chi connectivity index (χ0v) is 40.9. The Balaban J connectivity index is 3.11. The summed E-state index contributed by atoms with van der Waals surface area (Å²) in [7, 11) is 0. The van der Waals surface area contributed by atoms with Crippen LogP contribution in [0.4, 0.5) is 0 Å². The lowest BCUT2D eigenvalue weighted by Gasteiger charge is -2.09. The first-order valence-electron chi connectivity index (χ1n) is 24.0. The van der Waals surface area contributed by atoms with Crippen LogP contribution in [0.3, 0.4) is 0 Å². The number of ether oxygens (including phenoxy) is 13. The number of unbranched alkanes of at least 4 members (excludes halogenated alkanes) is 15. The normalized spacial score (nSPS) is 11.6. The average Bonchev–Trinajstić information content (AvgIpc) is 3.27. The Kier molecular flexibility index (Phi) is 57.5. The Morgan fingerprint density at radius 3 is 0.803 bits per heavy atom. The lowest BCUT2D eigenvalue weighted by atomic mass is 10.0. The second-order valence-electron chi connectivity index (χ2n) is 14.7. The maximum atomic E-state index is 11.9. The minimum absolute atomic E-state index is 0.132. The second kappa shape index (κ2) is 57.7. The number of rotatable bonds is 56. The minimum Gasteiger partial charge on any atom is -0.463 e. The van der Waals surface area contributed by atoms with Crippen molar-refractivity contribution in [1.29, 1.82) is 0 Å². The monoisotopic (exact) mass is 995 g/mol. The molecule has 0 unspecified atom stereocenters. The summed E-state index contributed by atoms with van der Waals surface area (Å²) in [6, 6.07) is 0. The Labute approximate surface area is 385 Å². The molecule has 0 aliphatic heterocycles. The van der Waals surface area contributed by atoms with Gasteiger partial charge >= 0.3 is 5.97 Å². The highest BCUT2D eigenvalue weighted by Crippen LogP contribution is 2.13. The molecule has 0 saturated carbocycles. The molecule has 0 rings (SSSR count). The number of halogens is 1. The maximum Gasteiger partial charge on any atom is 0.305 e. The minimum atomic E-state index is -0.132. The van der Waals surface area contributed by atoms with Crippen molar-refractivity contribution in [3.8, 4) is 0 Å². The van der Waals surface area contributed by atoms with Gasteiger partial charge in [-0.1, -0.05) is 119 Å². The highest BCUT2D eigenvalue weighted by molar-refractivity contribution is 14.1. The van der Waals surface area contributed by atoms with Crippen LogP contribution in [0.1, 0.15) is 122 Å². The summed E-state index contributed by atoms with van der Waals surface area (Å²) in [6.07, 6.45) is 22.3. The van der Waals surface area contributed by atoms with E-state index in [9.17, 15) is 4.79 Å². The highest BCUT2D eigenvalue weighted by Gasteiger charge is 2.03. The zero-order chi connectivity index (χ0) is 43.9. The van der Waals surface area contributed by atoms with Gasteiger partial charge in [0.15, 0.2) is 0 Å². The van der Waals surface area contributed by atoms with E-state index in [2.05, 4.69) is 29.5 Å². The fourth-order valence-electron chi connectivity index (χ4n) is 5.75. The van der Waals surface area contributed by atoms with Crippen LogP contribution in [0, 0.1) is 0 Å². The molecular formula is C46H91IO14. The average molecular weight is 995 g/mol. The van der Waals surface area contributed by atoms with E-state index in [1.54, 1.807) is 0 Å². The fraction of sp³-hybridized carbons (Fsp3) is 0.978. The van der Waals surface area contributed by atoms with E-state index in [0.717, 1.165) is 25.9 Å². The standard InChI is InChI=1S/C46H91IO14/c1-2-3-4-5-6-7-8-9-10-11-12-13-16-19-46(48)61-45-44-60-43-42-59-41-40-58-39-38-57-37-36-56-35-34-55-33-32-54-31-30-53-29-28-52-27-26-51-25-24-50-23-22-49-21-18-15-14-17-20-47/h2-45H2,1H3. The van der Waals surface area contributed by atoms with Gasteiger partial charge in [-0.05, 0) is 23.7 Å². The molecule has 0 N–H and O–H groups in total. The van der Waals surface area contributed by atoms with Crippen LogP contribution in [0.15, 0.2) is 0 Å². The molecule has 0 saturated heterocycles. The number of esters is 1. The van der Waals surface area contributed by atoms with Crippen molar-refractivity contribution in [2.45, 2.75) is 122 Å². The topological polar surface area (TPSA) is 137 Å². The fourth-order valence-corrected chi connectivity index (χ4v) is 6.29. The third-order valence-electron chi connectivity index (χ3n) is 9.24. The molecule has 0 spiro atoms. The molecule has 0 heterocycles. The van der Waals surface area contributed by atoms with E-state index >= 15 is 0 Å². The van der Waals surface area contributed by atoms with Crippen molar-refractivity contribution in [3.63, 3.8) is 0 Å². The van der Waals surface area contributed by atoms with E-state index in [1.807, 2.05) is 0 Å². The van der Waals surface area contributed by atoms with Gasteiger partial charge in [0.05, 0.1) is 152 Å². The molecule has 0 bridgehead atoms. The molecule has 0 fully saturated rings. The molecule has 0 aromatic carbocycles. The van der Waals surface area contributed by atoms with Crippen LogP contribution in [0.5, 0.6) is 0 Å². The molecule has 0 aliphatic rings. The Bertz CT molecular complexity index is 804. The van der Waals surface area contributed by atoms with Gasteiger partial charge in [-0.3, -0.25) is 4.79 Å². The Morgan fingerprint density at radius 2 is 0.508 bits per heavy atom. The van der Waals surface area contributed by atoms with Gasteiger partial charge in [-0.25, -0.2) is 0 Å². The van der Waals surface area contributed by atoms with Crippen molar-refractivity contribution in [2.75, 3.05) is 170 Å². The number of carbonyl (C=O) groups excluding carboxylic acids is 1. The number of carbonyl (C=O) groups is 1. The third-order valence-corrected chi connectivity index (χ3v) is 10.0. The van der Waals surface area contributed by atoms with Crippen molar-refractivity contribution >= 4 is 28.6 Å². The molecule has 0 aromatic rings. The molecule has 61 heavy (non-hydrogen) atoms. The molecule has 0 radical (unpaired) electrons. The SMILES string of the molecule is CCCCCCCCCCCCCCCC(=O)OCCOCCOCCOCCOCCOCCOCCOCCOCCOCCOCCOCCOCCCCCCI. The second-order valence-corrected chi connectivity index (χ2v) is 15.7. The molecule has 0 aromatic heterocycles. The van der Waals surface area contributed by atoms with Gasteiger partial charge < -0.3 is 61.6 Å². The van der Waals surface area contributed by atoms with E-state index in [-0.39, 0.29) is 12.6 Å². The summed E-state index contributed by atoms with van der Waals surface area (Å²) < 4.78 is 72.7. The van der Waals surface area contributed by atoms with Gasteiger partial charge in [0, 0.05) is 13.0 Å². The smallest absolute Gasteiger partial charge is 0.305 e. The summed E-state index contributed by atoms with van der Waals surface area (Å²) in [5.41, 5.74) is 0. The first kappa shape index (κ1) is 60.7. The summed E-state index contributed by atoms with van der Waals surface area (Å²) in [5, 5.41) is 0. The van der Waals surface area contributed by atoms with Gasteiger partial charge in [0.1, 0.15) is 6.61 Å². The number of alkyl halides is 1. The summed E-state index contributed by atoms with van der Waals surface area (Å²) >= 11 is 2.42. The number of hydrogen-bond donors (Lipinski definition) is 0. The Hall–Kier alpha value is -0.280. The van der Waals surface area contributed by atoms with Gasteiger partial charge in [-0.2, -0.15) is 0 Å². The van der Waals surface area contributed by atoms with Crippen molar-refractivity contribution in [2.24, 2.45) is 0 Å². The van der Waals surface area contributed by atoms with Gasteiger partial charge in [0.2, 0.25) is 0 Å². The van der Waals surface area contributed by atoms with Gasteiger partial charge in [-0.15, -0.1) is 0 Å². The molecule has 366 valence electrons. The van der Waals surface area contributed by atoms with E-state index in [0.29, 0.717) is 158 Å². The van der Waals surface area contributed by atoms with E-state index < -0.39 is 0 Å². The van der Waals surface area contributed by atoms with Crippen LogP contribution in [-0.4, -0.2) is 176 Å². The summed E-state index contributed by atoms with van der Waals surface area (Å²) in [6.45, 7) is 15.2. The predicted octanol–water partition coefficient (Wildman–Crippen LogP) is 8.21. The van der Waals surface area contributed by atoms with Crippen molar-refractivity contribution in [3.05, 3.63) is 0 Å². The quantitative estimate of drug-likeness (QED) is 0.0251. The molecule has 0 aliphatic carbocycles. The van der Waals surface area contributed by atoms with Crippen LogP contribution < -0.4 is 0 Å². The third kappa shape index (κ3) is 57.7. The number of hydrogen-bond acceptors (Lipinski definition) is 14. The summed E-state index contributed by atoms with van der Waals surface area (Å²) in [5.74, 6) is -0.132. The van der Waals surface area contributed by atoms with Crippen LogP contribution in [0.2, 0.25) is 0 Å². The largest absolute Gasteiger partial charge is 0.463 e. The molecule has 0 atom stereocenters. The predicted molar refractivity (Wildman–Crippen MR) is 248 cm³/mol.